The molecule has 0 spiro atoms. The highest BCUT2D eigenvalue weighted by Gasteiger charge is 2.18. The summed E-state index contributed by atoms with van der Waals surface area (Å²) in [7, 11) is 2.18. The third-order valence-corrected chi connectivity index (χ3v) is 2.35. The van der Waals surface area contributed by atoms with Crippen molar-refractivity contribution in [3.05, 3.63) is 0 Å². The van der Waals surface area contributed by atoms with Crippen LogP contribution in [0, 0.1) is 0 Å². The van der Waals surface area contributed by atoms with E-state index in [0.29, 0.717) is 0 Å². The van der Waals surface area contributed by atoms with Gasteiger partial charge in [0, 0.05) is 22.6 Å². The summed E-state index contributed by atoms with van der Waals surface area (Å²) >= 11 is 5.75. The molecule has 0 N–H and O–H groups in total. The van der Waals surface area contributed by atoms with Crippen LogP contribution in [0.15, 0.2) is 0 Å². The van der Waals surface area contributed by atoms with E-state index in [-0.39, 0.29) is 5.69 Å². The maximum absolute atomic E-state index is 5.75. The molecule has 0 aromatic heterocycles. The first-order valence-electron chi connectivity index (χ1n) is 3.08. The highest BCUT2D eigenvalue weighted by atomic mass is 35.5. The van der Waals surface area contributed by atoms with Crippen LogP contribution in [-0.2, 0) is 4.52 Å². The van der Waals surface area contributed by atoms with E-state index < -0.39 is 0 Å². The van der Waals surface area contributed by atoms with Crippen LogP contribution in [-0.4, -0.2) is 23.7 Å². The first-order chi connectivity index (χ1) is 4.34. The fourth-order valence-corrected chi connectivity index (χ4v) is 1.40. The predicted molar refractivity (Wildman–Crippen MR) is 41.2 cm³/mol. The first-order valence-corrected chi connectivity index (χ1v) is 3.99. The molecule has 1 aliphatic rings. The van der Waals surface area contributed by atoms with E-state index in [1.807, 2.05) is 0 Å². The van der Waals surface area contributed by atoms with Crippen LogP contribution in [0.3, 0.4) is 0 Å². The van der Waals surface area contributed by atoms with E-state index >= 15 is 0 Å². The van der Waals surface area contributed by atoms with Crippen molar-refractivity contribution in [3.8, 4) is 0 Å². The first kappa shape index (κ1) is 7.74. The average molecular weight is 168 g/mol. The molecule has 0 amide bonds. The van der Waals surface area contributed by atoms with Crippen LogP contribution in [0.2, 0.25) is 0 Å². The molecule has 2 unspecified atom stereocenters. The van der Waals surface area contributed by atoms with Gasteiger partial charge in [-0.3, -0.25) is 4.90 Å². The van der Waals surface area contributed by atoms with Crippen molar-refractivity contribution in [2.24, 2.45) is 0 Å². The average Bonchev–Trinajstić information content (AvgIpc) is 2.37. The van der Waals surface area contributed by atoms with Gasteiger partial charge in [-0.1, -0.05) is 11.6 Å². The third kappa shape index (κ3) is 2.05. The van der Waals surface area contributed by atoms with E-state index in [2.05, 4.69) is 14.4 Å². The van der Waals surface area contributed by atoms with Gasteiger partial charge in [0.25, 0.3) is 0 Å². The molecule has 2 nitrogen and oxygen atoms in total. The number of alkyl halides is 1. The normalized spacial score (nSPS) is 24.7. The molecule has 1 rings (SSSR count). The lowest BCUT2D eigenvalue weighted by molar-refractivity contribution is 0.133. The molecule has 0 aromatic rings. The van der Waals surface area contributed by atoms with Gasteiger partial charge < -0.3 is 4.52 Å². The minimum Gasteiger partial charge on any atom is -0.333 e. The molecule has 4 heteroatoms. The van der Waals surface area contributed by atoms with Crippen molar-refractivity contribution in [1.82, 2.24) is 4.90 Å². The Labute approximate surface area is 62.8 Å². The zero-order valence-corrected chi connectivity index (χ0v) is 7.13. The molecule has 0 saturated carbocycles. The Balaban J connectivity index is 2.24. The Morgan fingerprint density at radius 1 is 1.44 bits per heavy atom. The lowest BCUT2D eigenvalue weighted by atomic mass is 10.4. The number of rotatable bonds is 2. The zero-order valence-electron chi connectivity index (χ0n) is 5.22. The van der Waals surface area contributed by atoms with Gasteiger partial charge in [0.1, 0.15) is 0 Å². The lowest BCUT2D eigenvalue weighted by Gasteiger charge is -2.18. The number of hydrogen-bond donors (Lipinski definition) is 0. The molecule has 0 aromatic carbocycles. The Bertz CT molecular complexity index is 87.0. The van der Waals surface area contributed by atoms with Crippen LogP contribution in [0.1, 0.15) is 12.8 Å². The van der Waals surface area contributed by atoms with Crippen LogP contribution < -0.4 is 0 Å². The molecule has 9 heavy (non-hydrogen) atoms. The summed E-state index contributed by atoms with van der Waals surface area (Å²) in [5.41, 5.74) is -0.238. The molecule has 1 saturated heterocycles. The fourth-order valence-electron chi connectivity index (χ4n) is 1.03. The molecule has 0 radical (unpaired) electrons. The number of hydrogen-bond acceptors (Lipinski definition) is 2. The molecular formula is C5H11ClNOP. The van der Waals surface area contributed by atoms with Crippen molar-refractivity contribution in [3.63, 3.8) is 0 Å². The third-order valence-electron chi connectivity index (χ3n) is 1.54. The summed E-state index contributed by atoms with van der Waals surface area (Å²) in [6.07, 6.45) is 2.49. The van der Waals surface area contributed by atoms with Gasteiger partial charge in [0.05, 0.1) is 0 Å². The second-order valence-electron chi connectivity index (χ2n) is 2.17. The zero-order chi connectivity index (χ0) is 6.69. The Morgan fingerprint density at radius 2 is 2.00 bits per heavy atom. The molecule has 2 atom stereocenters. The summed E-state index contributed by atoms with van der Waals surface area (Å²) in [4.78, 5) is 2.11. The molecule has 1 aliphatic heterocycles. The molecule has 1 heterocycles. The van der Waals surface area contributed by atoms with Crippen molar-refractivity contribution in [1.29, 1.82) is 0 Å². The Morgan fingerprint density at radius 3 is 2.44 bits per heavy atom. The molecule has 1 fully saturated rings. The van der Waals surface area contributed by atoms with E-state index in [4.69, 9.17) is 16.1 Å². The summed E-state index contributed by atoms with van der Waals surface area (Å²) in [6, 6.07) is 0. The van der Waals surface area contributed by atoms with Gasteiger partial charge in [0.2, 0.25) is 0 Å². The highest BCUT2D eigenvalue weighted by molar-refractivity contribution is 7.10. The van der Waals surface area contributed by atoms with Crippen molar-refractivity contribution in [2.75, 3.05) is 13.1 Å². The second-order valence-corrected chi connectivity index (χ2v) is 2.82. The largest absolute Gasteiger partial charge is 0.333 e. The Hall–Kier alpha value is 0.640. The Kier molecular flexibility index (Phi) is 3.20. The van der Waals surface area contributed by atoms with E-state index in [1.54, 1.807) is 0 Å². The van der Waals surface area contributed by atoms with Crippen LogP contribution >= 0.6 is 21.1 Å². The van der Waals surface area contributed by atoms with Gasteiger partial charge in [-0.15, -0.1) is 0 Å². The van der Waals surface area contributed by atoms with E-state index in [9.17, 15) is 0 Å². The predicted octanol–water partition coefficient (Wildman–Crippen LogP) is 1.41. The van der Waals surface area contributed by atoms with Crippen molar-refractivity contribution >= 4 is 21.1 Å². The topological polar surface area (TPSA) is 12.5 Å². The van der Waals surface area contributed by atoms with Gasteiger partial charge in [-0.05, 0) is 12.8 Å². The van der Waals surface area contributed by atoms with Crippen LogP contribution in [0.5, 0.6) is 0 Å². The second kappa shape index (κ2) is 3.72. The fraction of sp³-hybridized carbons (Fsp3) is 1.00. The van der Waals surface area contributed by atoms with Crippen LogP contribution in [0.4, 0.5) is 0 Å². The quantitative estimate of drug-likeness (QED) is 0.350. The van der Waals surface area contributed by atoms with Crippen molar-refractivity contribution in [2.45, 2.75) is 18.5 Å². The molecule has 0 aliphatic carbocycles. The lowest BCUT2D eigenvalue weighted by Crippen LogP contribution is -2.27. The standard InChI is InChI=1S/C5H11ClNOP/c6-5(8-9)7-3-1-2-4-7/h5H,1-4,9H2. The minimum atomic E-state index is -0.238. The van der Waals surface area contributed by atoms with Gasteiger partial charge in [-0.25, -0.2) is 0 Å². The molecule has 0 bridgehead atoms. The summed E-state index contributed by atoms with van der Waals surface area (Å²) in [5.74, 6) is 0. The number of halogens is 1. The number of likely N-dealkylation sites (tertiary alicyclic amines) is 1. The highest BCUT2D eigenvalue weighted by Crippen LogP contribution is 2.16. The maximum Gasteiger partial charge on any atom is 0.190 e. The smallest absolute Gasteiger partial charge is 0.190 e. The molecule has 54 valence electrons. The van der Waals surface area contributed by atoms with E-state index in [0.717, 1.165) is 13.1 Å². The van der Waals surface area contributed by atoms with Gasteiger partial charge in [0.15, 0.2) is 5.69 Å². The summed E-state index contributed by atoms with van der Waals surface area (Å²) in [5, 5.41) is 0. The SMILES string of the molecule is POC(Cl)N1CCCC1. The van der Waals surface area contributed by atoms with Crippen LogP contribution in [0.25, 0.3) is 0 Å². The van der Waals surface area contributed by atoms with Gasteiger partial charge in [-0.2, -0.15) is 0 Å². The van der Waals surface area contributed by atoms with Crippen molar-refractivity contribution < 1.29 is 4.52 Å². The summed E-state index contributed by atoms with van der Waals surface area (Å²) < 4.78 is 4.84. The van der Waals surface area contributed by atoms with E-state index in [1.165, 1.54) is 12.8 Å². The minimum absolute atomic E-state index is 0.238. The maximum atomic E-state index is 5.75. The monoisotopic (exact) mass is 167 g/mol. The summed E-state index contributed by atoms with van der Waals surface area (Å²) in [6.45, 7) is 2.14. The molecular weight excluding hydrogens is 156 g/mol. The number of nitrogens with zero attached hydrogens (tertiary/aromatic N) is 1. The van der Waals surface area contributed by atoms with Gasteiger partial charge >= 0.3 is 0 Å².